The Hall–Kier alpha value is -1.80. The van der Waals surface area contributed by atoms with Crippen LogP contribution in [0, 0.1) is 0 Å². The van der Waals surface area contributed by atoms with E-state index < -0.39 is 0 Å². The average Bonchev–Trinajstić information content (AvgIpc) is 2.46. The lowest BCUT2D eigenvalue weighted by molar-refractivity contribution is 0.132. The summed E-state index contributed by atoms with van der Waals surface area (Å²) in [5.41, 5.74) is 3.21. The number of halogens is 1. The lowest BCUT2D eigenvalue weighted by Crippen LogP contribution is -1.89. The third-order valence-corrected chi connectivity index (χ3v) is 2.97. The van der Waals surface area contributed by atoms with E-state index in [1.807, 2.05) is 36.4 Å². The lowest BCUT2D eigenvalue weighted by atomic mass is 10.1. The van der Waals surface area contributed by atoms with Crippen LogP contribution in [0.15, 0.2) is 53.7 Å². The van der Waals surface area contributed by atoms with E-state index >= 15 is 0 Å². The zero-order valence-electron chi connectivity index (χ0n) is 10.8. The van der Waals surface area contributed by atoms with Crippen molar-refractivity contribution < 1.29 is 4.84 Å². The molecule has 0 bridgehead atoms. The third kappa shape index (κ3) is 4.42. The molecule has 19 heavy (non-hydrogen) atoms. The molecule has 0 fully saturated rings. The van der Waals surface area contributed by atoms with Gasteiger partial charge in [0.25, 0.3) is 0 Å². The minimum atomic E-state index is 0.414. The number of hydrogen-bond donors (Lipinski definition) is 0. The van der Waals surface area contributed by atoms with Gasteiger partial charge in [0, 0.05) is 10.6 Å². The second kappa shape index (κ2) is 6.95. The van der Waals surface area contributed by atoms with E-state index in [1.54, 1.807) is 0 Å². The molecule has 0 aliphatic heterocycles. The van der Waals surface area contributed by atoms with Gasteiger partial charge in [-0.1, -0.05) is 54.0 Å². The van der Waals surface area contributed by atoms with Crippen molar-refractivity contribution in [3.63, 3.8) is 0 Å². The summed E-state index contributed by atoms with van der Waals surface area (Å²) in [6.07, 6.45) is 3.88. The van der Waals surface area contributed by atoms with Crippen molar-refractivity contribution in [1.29, 1.82) is 0 Å². The molecule has 2 aromatic rings. The Bertz CT molecular complexity index is 549. The maximum atomic E-state index is 5.80. The van der Waals surface area contributed by atoms with Gasteiger partial charge in [0.05, 0.1) is 0 Å². The highest BCUT2D eigenvalue weighted by molar-refractivity contribution is 6.30. The van der Waals surface area contributed by atoms with Gasteiger partial charge in [-0.3, -0.25) is 0 Å². The first-order chi connectivity index (χ1) is 9.28. The molecule has 0 aliphatic carbocycles. The first kappa shape index (κ1) is 13.6. The molecule has 2 aromatic carbocycles. The van der Waals surface area contributed by atoms with E-state index in [-0.39, 0.29) is 0 Å². The van der Waals surface area contributed by atoms with Gasteiger partial charge in [-0.05, 0) is 35.7 Å². The van der Waals surface area contributed by atoms with E-state index in [9.17, 15) is 0 Å². The fraction of sp³-hybridized carbons (Fsp3) is 0.188. The molecule has 2 rings (SSSR count). The van der Waals surface area contributed by atoms with Crippen LogP contribution in [-0.4, -0.2) is 6.21 Å². The summed E-state index contributed by atoms with van der Waals surface area (Å²) in [4.78, 5) is 5.21. The quantitative estimate of drug-likeness (QED) is 0.586. The first-order valence-corrected chi connectivity index (χ1v) is 6.57. The van der Waals surface area contributed by atoms with E-state index in [2.05, 4.69) is 30.4 Å². The van der Waals surface area contributed by atoms with Crippen LogP contribution in [0.2, 0.25) is 5.02 Å². The van der Waals surface area contributed by atoms with Gasteiger partial charge in [0.15, 0.2) is 0 Å². The predicted octanol–water partition coefficient (Wildman–Crippen LogP) is 4.33. The molecule has 1 radical (unpaired) electrons. The van der Waals surface area contributed by atoms with Gasteiger partial charge >= 0.3 is 0 Å². The first-order valence-electron chi connectivity index (χ1n) is 6.19. The SMILES string of the molecule is CCc1cccc(/[C]=N\OCc2ccc(Cl)cc2)c1. The molecule has 97 valence electrons. The molecule has 0 spiro atoms. The second-order valence-corrected chi connectivity index (χ2v) is 4.59. The number of aryl methyl sites for hydroxylation is 1. The highest BCUT2D eigenvalue weighted by atomic mass is 35.5. The van der Waals surface area contributed by atoms with Crippen molar-refractivity contribution >= 4 is 17.8 Å². The fourth-order valence-corrected chi connectivity index (χ4v) is 1.76. The van der Waals surface area contributed by atoms with Crippen molar-refractivity contribution in [3.8, 4) is 0 Å². The maximum Gasteiger partial charge on any atom is 0.142 e. The van der Waals surface area contributed by atoms with Crippen molar-refractivity contribution in [3.05, 3.63) is 70.2 Å². The monoisotopic (exact) mass is 272 g/mol. The van der Waals surface area contributed by atoms with Gasteiger partial charge < -0.3 is 4.84 Å². The number of benzene rings is 2. The third-order valence-electron chi connectivity index (χ3n) is 2.72. The van der Waals surface area contributed by atoms with Crippen LogP contribution in [0.5, 0.6) is 0 Å². The summed E-state index contributed by atoms with van der Waals surface area (Å²) < 4.78 is 0. The van der Waals surface area contributed by atoms with Gasteiger partial charge in [0.1, 0.15) is 12.8 Å². The van der Waals surface area contributed by atoms with Crippen molar-refractivity contribution in [2.45, 2.75) is 20.0 Å². The van der Waals surface area contributed by atoms with E-state index in [0.29, 0.717) is 6.61 Å². The second-order valence-electron chi connectivity index (χ2n) is 4.16. The number of hydrogen-bond acceptors (Lipinski definition) is 2. The lowest BCUT2D eigenvalue weighted by Gasteiger charge is -2.00. The van der Waals surface area contributed by atoms with E-state index in [1.165, 1.54) is 5.56 Å². The Morgan fingerprint density at radius 1 is 1.11 bits per heavy atom. The topological polar surface area (TPSA) is 21.6 Å². The van der Waals surface area contributed by atoms with Gasteiger partial charge in [-0.2, -0.15) is 0 Å². The van der Waals surface area contributed by atoms with E-state index in [4.69, 9.17) is 16.4 Å². The predicted molar refractivity (Wildman–Crippen MR) is 78.6 cm³/mol. The molecule has 0 aromatic heterocycles. The molecule has 0 amide bonds. The van der Waals surface area contributed by atoms with E-state index in [0.717, 1.165) is 22.6 Å². The Kier molecular flexibility index (Phi) is 4.99. The number of nitrogens with zero attached hydrogens (tertiary/aromatic N) is 1. The molecule has 0 atom stereocenters. The Morgan fingerprint density at radius 2 is 1.89 bits per heavy atom. The minimum Gasteiger partial charge on any atom is -0.390 e. The highest BCUT2D eigenvalue weighted by Crippen LogP contribution is 2.10. The normalized spacial score (nSPS) is 10.8. The Labute approximate surface area is 118 Å². The average molecular weight is 273 g/mol. The molecule has 0 heterocycles. The van der Waals surface area contributed by atoms with Gasteiger partial charge in [0.2, 0.25) is 0 Å². The Balaban J connectivity index is 1.87. The van der Waals surface area contributed by atoms with Crippen LogP contribution in [0.3, 0.4) is 0 Å². The maximum absolute atomic E-state index is 5.80. The summed E-state index contributed by atoms with van der Waals surface area (Å²) >= 11 is 5.80. The van der Waals surface area contributed by atoms with Crippen LogP contribution < -0.4 is 0 Å². The van der Waals surface area contributed by atoms with Crippen LogP contribution in [0.4, 0.5) is 0 Å². The standard InChI is InChI=1S/C16H15ClNO/c1-2-13-4-3-5-15(10-13)11-18-19-12-14-6-8-16(17)9-7-14/h3-10H,2,12H2,1H3. The minimum absolute atomic E-state index is 0.414. The Morgan fingerprint density at radius 3 is 2.63 bits per heavy atom. The molecule has 0 saturated heterocycles. The van der Waals surface area contributed by atoms with Gasteiger partial charge in [-0.15, -0.1) is 0 Å². The largest absolute Gasteiger partial charge is 0.390 e. The van der Waals surface area contributed by atoms with Crippen LogP contribution in [0.1, 0.15) is 23.6 Å². The molecule has 2 nitrogen and oxygen atoms in total. The molecule has 0 aliphatic rings. The van der Waals surface area contributed by atoms with Gasteiger partial charge in [-0.25, -0.2) is 0 Å². The summed E-state index contributed by atoms with van der Waals surface area (Å²) in [5.74, 6) is 0. The van der Waals surface area contributed by atoms with Crippen molar-refractivity contribution in [1.82, 2.24) is 0 Å². The van der Waals surface area contributed by atoms with Crippen molar-refractivity contribution in [2.75, 3.05) is 0 Å². The summed E-state index contributed by atoms with van der Waals surface area (Å²) in [6.45, 7) is 2.53. The van der Waals surface area contributed by atoms with Crippen LogP contribution in [-0.2, 0) is 17.9 Å². The molecular formula is C16H15ClNO. The summed E-state index contributed by atoms with van der Waals surface area (Å²) in [6, 6.07) is 15.6. The molecule has 0 saturated carbocycles. The zero-order chi connectivity index (χ0) is 13.5. The summed E-state index contributed by atoms with van der Waals surface area (Å²) in [5, 5.41) is 4.57. The van der Waals surface area contributed by atoms with Crippen LogP contribution >= 0.6 is 11.6 Å². The smallest absolute Gasteiger partial charge is 0.142 e. The molecule has 0 N–H and O–H groups in total. The summed E-state index contributed by atoms with van der Waals surface area (Å²) in [7, 11) is 0. The molecule has 3 heteroatoms. The molecular weight excluding hydrogens is 258 g/mol. The highest BCUT2D eigenvalue weighted by Gasteiger charge is 1.94. The zero-order valence-corrected chi connectivity index (χ0v) is 11.5. The molecule has 0 unspecified atom stereocenters. The van der Waals surface area contributed by atoms with Crippen LogP contribution in [0.25, 0.3) is 0 Å². The number of rotatable bonds is 5. The fourth-order valence-electron chi connectivity index (χ4n) is 1.63. The van der Waals surface area contributed by atoms with Crippen molar-refractivity contribution in [2.24, 2.45) is 5.16 Å².